The van der Waals surface area contributed by atoms with Gasteiger partial charge in [0.2, 0.25) is 11.8 Å². The zero-order valence-electron chi connectivity index (χ0n) is 16.5. The summed E-state index contributed by atoms with van der Waals surface area (Å²) in [5.41, 5.74) is 2.76. The third-order valence-electron chi connectivity index (χ3n) is 4.72. The maximum absolute atomic E-state index is 13.1. The molecule has 0 saturated heterocycles. The Balaban J connectivity index is 1.81. The number of benzene rings is 2. The summed E-state index contributed by atoms with van der Waals surface area (Å²) in [6.07, 6.45) is 2.14. The summed E-state index contributed by atoms with van der Waals surface area (Å²) in [6.45, 7) is 2.21. The molecular weight excluding hydrogens is 362 g/mol. The summed E-state index contributed by atoms with van der Waals surface area (Å²) in [5.74, 6) is -0.326. The van der Waals surface area contributed by atoms with Crippen molar-refractivity contribution in [2.75, 3.05) is 0 Å². The van der Waals surface area contributed by atoms with E-state index in [2.05, 4.69) is 10.3 Å². The Hall–Kier alpha value is -3.47. The van der Waals surface area contributed by atoms with Crippen LogP contribution >= 0.6 is 0 Å². The Morgan fingerprint density at radius 1 is 0.897 bits per heavy atom. The lowest BCUT2D eigenvalue weighted by molar-refractivity contribution is -0.139. The number of rotatable bonds is 8. The average Bonchev–Trinajstić information content (AvgIpc) is 2.76. The van der Waals surface area contributed by atoms with Crippen LogP contribution in [0.1, 0.15) is 23.7 Å². The zero-order valence-corrected chi connectivity index (χ0v) is 16.5. The minimum atomic E-state index is -0.612. The van der Waals surface area contributed by atoms with Gasteiger partial charge in [0.25, 0.3) is 0 Å². The second-order valence-electron chi connectivity index (χ2n) is 6.88. The summed E-state index contributed by atoms with van der Waals surface area (Å²) in [4.78, 5) is 31.5. The molecule has 3 aromatic rings. The quantitative estimate of drug-likeness (QED) is 0.645. The van der Waals surface area contributed by atoms with Crippen LogP contribution in [0.4, 0.5) is 0 Å². The summed E-state index contributed by atoms with van der Waals surface area (Å²) in [5, 5.41) is 2.95. The van der Waals surface area contributed by atoms with Gasteiger partial charge in [-0.15, -0.1) is 0 Å². The van der Waals surface area contributed by atoms with E-state index >= 15 is 0 Å². The van der Waals surface area contributed by atoms with Crippen molar-refractivity contribution in [3.05, 3.63) is 102 Å². The number of carbonyl (C=O) groups excluding carboxylic acids is 2. The van der Waals surface area contributed by atoms with Gasteiger partial charge in [0, 0.05) is 26.1 Å². The number of nitrogens with one attached hydrogen (secondary N) is 1. The minimum Gasteiger partial charge on any atom is -0.349 e. The maximum atomic E-state index is 13.1. The molecule has 3 rings (SSSR count). The molecule has 0 aliphatic heterocycles. The van der Waals surface area contributed by atoms with Crippen molar-refractivity contribution in [3.63, 3.8) is 0 Å². The Morgan fingerprint density at radius 2 is 1.52 bits per heavy atom. The van der Waals surface area contributed by atoms with Gasteiger partial charge in [-0.25, -0.2) is 0 Å². The van der Waals surface area contributed by atoms with Crippen molar-refractivity contribution in [2.45, 2.75) is 32.5 Å². The van der Waals surface area contributed by atoms with Crippen molar-refractivity contribution in [2.24, 2.45) is 0 Å². The van der Waals surface area contributed by atoms with Crippen molar-refractivity contribution < 1.29 is 9.59 Å². The molecule has 0 radical (unpaired) electrons. The first kappa shape index (κ1) is 20.3. The lowest BCUT2D eigenvalue weighted by Crippen LogP contribution is -2.49. The van der Waals surface area contributed by atoms with E-state index in [9.17, 15) is 9.59 Å². The molecular formula is C24H25N3O2. The van der Waals surface area contributed by atoms with Crippen LogP contribution in [0.5, 0.6) is 0 Å². The Labute approximate surface area is 171 Å². The highest BCUT2D eigenvalue weighted by Gasteiger charge is 2.28. The number of hydrogen-bond acceptors (Lipinski definition) is 3. The standard InChI is InChI=1S/C24H25N3O2/c1-19(28)27(18-21-12-6-3-7-13-21)23(16-20-10-4-2-5-11-20)24(29)26-17-22-14-8-9-15-25-22/h2-15,23H,16-18H2,1H3,(H,26,29). The van der Waals surface area contributed by atoms with Crippen molar-refractivity contribution in [1.29, 1.82) is 0 Å². The summed E-state index contributed by atoms with van der Waals surface area (Å²) < 4.78 is 0. The van der Waals surface area contributed by atoms with Crippen LogP contribution in [0.3, 0.4) is 0 Å². The van der Waals surface area contributed by atoms with Crippen LogP contribution in [0.2, 0.25) is 0 Å². The average molecular weight is 387 g/mol. The third kappa shape index (κ3) is 6.01. The normalized spacial score (nSPS) is 11.5. The number of carbonyl (C=O) groups is 2. The summed E-state index contributed by atoms with van der Waals surface area (Å²) in [7, 11) is 0. The molecule has 0 aliphatic carbocycles. The monoisotopic (exact) mass is 387 g/mol. The van der Waals surface area contributed by atoms with E-state index in [0.29, 0.717) is 19.5 Å². The number of aromatic nitrogens is 1. The Morgan fingerprint density at radius 3 is 2.10 bits per heavy atom. The molecule has 2 aromatic carbocycles. The third-order valence-corrected chi connectivity index (χ3v) is 4.72. The second-order valence-corrected chi connectivity index (χ2v) is 6.88. The van der Waals surface area contributed by atoms with Crippen LogP contribution in [0.15, 0.2) is 85.1 Å². The van der Waals surface area contributed by atoms with Gasteiger partial charge < -0.3 is 10.2 Å². The van der Waals surface area contributed by atoms with E-state index in [-0.39, 0.29) is 11.8 Å². The number of pyridine rings is 1. The van der Waals surface area contributed by atoms with Crippen molar-refractivity contribution >= 4 is 11.8 Å². The summed E-state index contributed by atoms with van der Waals surface area (Å²) >= 11 is 0. The van der Waals surface area contributed by atoms with Gasteiger partial charge >= 0.3 is 0 Å². The first-order valence-electron chi connectivity index (χ1n) is 9.66. The molecule has 5 nitrogen and oxygen atoms in total. The van der Waals surface area contributed by atoms with Gasteiger partial charge in [0.1, 0.15) is 6.04 Å². The smallest absolute Gasteiger partial charge is 0.243 e. The molecule has 0 spiro atoms. The van der Waals surface area contributed by atoms with Gasteiger partial charge in [0.05, 0.1) is 12.2 Å². The molecule has 2 amide bonds. The number of nitrogens with zero attached hydrogens (tertiary/aromatic N) is 2. The van der Waals surface area contributed by atoms with Gasteiger partial charge in [-0.3, -0.25) is 14.6 Å². The van der Waals surface area contributed by atoms with E-state index in [1.54, 1.807) is 11.1 Å². The minimum absolute atomic E-state index is 0.136. The van der Waals surface area contributed by atoms with Crippen LogP contribution in [-0.2, 0) is 29.1 Å². The van der Waals surface area contributed by atoms with E-state index < -0.39 is 6.04 Å². The fourth-order valence-electron chi connectivity index (χ4n) is 3.20. The topological polar surface area (TPSA) is 62.3 Å². The first-order valence-corrected chi connectivity index (χ1v) is 9.66. The van der Waals surface area contributed by atoms with Gasteiger partial charge in [-0.2, -0.15) is 0 Å². The summed E-state index contributed by atoms with van der Waals surface area (Å²) in [6, 6.07) is 24.4. The van der Waals surface area contributed by atoms with Gasteiger partial charge in [-0.1, -0.05) is 66.7 Å². The molecule has 0 aliphatic rings. The largest absolute Gasteiger partial charge is 0.349 e. The molecule has 29 heavy (non-hydrogen) atoms. The van der Waals surface area contributed by atoms with Crippen molar-refractivity contribution in [1.82, 2.24) is 15.2 Å². The molecule has 1 atom stereocenters. The number of amides is 2. The molecule has 1 N–H and O–H groups in total. The van der Waals surface area contributed by atoms with Crippen LogP contribution < -0.4 is 5.32 Å². The first-order chi connectivity index (χ1) is 14.1. The molecule has 0 bridgehead atoms. The maximum Gasteiger partial charge on any atom is 0.243 e. The fraction of sp³-hybridized carbons (Fsp3) is 0.208. The van der Waals surface area contributed by atoms with E-state index in [1.807, 2.05) is 78.9 Å². The zero-order chi connectivity index (χ0) is 20.5. The lowest BCUT2D eigenvalue weighted by Gasteiger charge is -2.30. The van der Waals surface area contributed by atoms with Crippen LogP contribution in [0, 0.1) is 0 Å². The highest BCUT2D eigenvalue weighted by atomic mass is 16.2. The van der Waals surface area contributed by atoms with E-state index in [4.69, 9.17) is 0 Å². The van der Waals surface area contributed by atoms with Crippen LogP contribution in [-0.4, -0.2) is 27.7 Å². The molecule has 148 valence electrons. The molecule has 0 saturated carbocycles. The van der Waals surface area contributed by atoms with Gasteiger partial charge in [0.15, 0.2) is 0 Å². The van der Waals surface area contributed by atoms with E-state index in [1.165, 1.54) is 6.92 Å². The highest BCUT2D eigenvalue weighted by Crippen LogP contribution is 2.14. The Kier molecular flexibility index (Phi) is 7.11. The molecule has 5 heteroatoms. The molecule has 0 fully saturated rings. The molecule has 1 aromatic heterocycles. The molecule has 1 unspecified atom stereocenters. The number of hydrogen-bond donors (Lipinski definition) is 1. The lowest BCUT2D eigenvalue weighted by atomic mass is 10.0. The van der Waals surface area contributed by atoms with Gasteiger partial charge in [-0.05, 0) is 23.3 Å². The Bertz CT molecular complexity index is 915. The predicted molar refractivity (Wildman–Crippen MR) is 113 cm³/mol. The fourth-order valence-corrected chi connectivity index (χ4v) is 3.20. The highest BCUT2D eigenvalue weighted by molar-refractivity contribution is 5.87. The van der Waals surface area contributed by atoms with E-state index in [0.717, 1.165) is 16.8 Å². The van der Waals surface area contributed by atoms with Crippen LogP contribution in [0.25, 0.3) is 0 Å². The second kappa shape index (κ2) is 10.2. The van der Waals surface area contributed by atoms with Crippen molar-refractivity contribution in [3.8, 4) is 0 Å². The SMILES string of the molecule is CC(=O)N(Cc1ccccc1)C(Cc1ccccc1)C(=O)NCc1ccccn1. The predicted octanol–water partition coefficient (Wildman–Crippen LogP) is 3.36. The molecule has 1 heterocycles.